The molecule has 1 aliphatic carbocycles. The Labute approximate surface area is 160 Å². The summed E-state index contributed by atoms with van der Waals surface area (Å²) >= 11 is 1.58. The first-order valence-electron chi connectivity index (χ1n) is 8.66. The second kappa shape index (κ2) is 7.22. The molecule has 0 amide bonds. The minimum atomic E-state index is -1.23. The third-order valence-corrected chi connectivity index (χ3v) is 5.78. The van der Waals surface area contributed by atoms with E-state index in [0.29, 0.717) is 22.6 Å². The molecule has 0 aliphatic heterocycles. The first-order chi connectivity index (χ1) is 13.2. The first kappa shape index (κ1) is 17.3. The highest BCUT2D eigenvalue weighted by Gasteiger charge is 2.20. The lowest BCUT2D eigenvalue weighted by Gasteiger charge is -2.09. The van der Waals surface area contributed by atoms with Crippen molar-refractivity contribution >= 4 is 28.5 Å². The molecule has 27 heavy (non-hydrogen) atoms. The number of hydrogen-bond acceptors (Lipinski definition) is 6. The summed E-state index contributed by atoms with van der Waals surface area (Å²) in [7, 11) is 0. The zero-order valence-electron chi connectivity index (χ0n) is 14.4. The van der Waals surface area contributed by atoms with Crippen LogP contribution in [-0.4, -0.2) is 12.2 Å². The maximum absolute atomic E-state index is 11.0. The van der Waals surface area contributed by atoms with E-state index < -0.39 is 5.97 Å². The van der Waals surface area contributed by atoms with Gasteiger partial charge in [0.05, 0.1) is 17.7 Å². The average Bonchev–Trinajstić information content (AvgIpc) is 3.30. The van der Waals surface area contributed by atoms with Gasteiger partial charge in [-0.1, -0.05) is 18.2 Å². The van der Waals surface area contributed by atoms with Crippen molar-refractivity contribution < 1.29 is 14.3 Å². The maximum atomic E-state index is 11.0. The van der Waals surface area contributed by atoms with Gasteiger partial charge in [-0.2, -0.15) is 5.26 Å². The smallest absolute Gasteiger partial charge is 0.145 e. The second-order valence-electron chi connectivity index (χ2n) is 6.33. The Bertz CT molecular complexity index is 1090. The molecular formula is C21H15N2O3S-. The van der Waals surface area contributed by atoms with Gasteiger partial charge in [-0.05, 0) is 55.0 Å². The lowest BCUT2D eigenvalue weighted by Crippen LogP contribution is -2.22. The van der Waals surface area contributed by atoms with Crippen molar-refractivity contribution in [2.75, 3.05) is 0 Å². The third kappa shape index (κ3) is 3.42. The van der Waals surface area contributed by atoms with E-state index >= 15 is 0 Å². The normalized spacial score (nSPS) is 13.4. The zero-order valence-corrected chi connectivity index (χ0v) is 15.2. The van der Waals surface area contributed by atoms with Crippen LogP contribution in [-0.2, 0) is 12.8 Å². The summed E-state index contributed by atoms with van der Waals surface area (Å²) in [6, 6.07) is 12.2. The molecule has 0 radical (unpaired) electrons. The molecule has 2 aromatic heterocycles. The molecule has 0 unspecified atom stereocenters. The van der Waals surface area contributed by atoms with Crippen molar-refractivity contribution in [1.82, 2.24) is 0 Å². The van der Waals surface area contributed by atoms with Gasteiger partial charge in [0.1, 0.15) is 22.6 Å². The van der Waals surface area contributed by atoms with Crippen LogP contribution in [0.3, 0.4) is 0 Å². The minimum absolute atomic E-state index is 0.0990. The van der Waals surface area contributed by atoms with E-state index in [-0.39, 0.29) is 5.56 Å². The van der Waals surface area contributed by atoms with Gasteiger partial charge in [0, 0.05) is 10.4 Å². The molecule has 6 heteroatoms. The first-order valence-corrected chi connectivity index (χ1v) is 9.47. The van der Waals surface area contributed by atoms with Crippen molar-refractivity contribution in [3.05, 3.63) is 63.7 Å². The van der Waals surface area contributed by atoms with Crippen molar-refractivity contribution in [3.63, 3.8) is 0 Å². The molecule has 0 saturated carbocycles. The van der Waals surface area contributed by atoms with E-state index in [1.807, 2.05) is 0 Å². The Hall–Kier alpha value is -3.17. The number of carbonyl (C=O) groups excluding carboxylic acids is 1. The molecule has 0 bridgehead atoms. The summed E-state index contributed by atoms with van der Waals surface area (Å²) in [5.74, 6) is -0.138. The molecule has 0 spiro atoms. The van der Waals surface area contributed by atoms with E-state index in [1.54, 1.807) is 41.8 Å². The molecule has 2 heterocycles. The highest BCUT2D eigenvalue weighted by atomic mass is 32.1. The molecule has 5 nitrogen and oxygen atoms in total. The van der Waals surface area contributed by atoms with Crippen LogP contribution in [0.25, 0.3) is 11.3 Å². The van der Waals surface area contributed by atoms with E-state index in [4.69, 9.17) is 4.42 Å². The molecule has 0 saturated heterocycles. The van der Waals surface area contributed by atoms with Crippen LogP contribution < -0.4 is 5.11 Å². The quantitative estimate of drug-likeness (QED) is 0.647. The van der Waals surface area contributed by atoms with Gasteiger partial charge in [0.2, 0.25) is 0 Å². The fourth-order valence-corrected chi connectivity index (χ4v) is 4.44. The van der Waals surface area contributed by atoms with Gasteiger partial charge in [0.25, 0.3) is 0 Å². The minimum Gasteiger partial charge on any atom is -0.545 e. The number of carboxylic acids is 1. The number of fused-ring (bicyclic) bond motifs is 1. The van der Waals surface area contributed by atoms with Crippen LogP contribution in [0.1, 0.15) is 45.0 Å². The lowest BCUT2D eigenvalue weighted by atomic mass is 9.96. The fraction of sp³-hybridized carbons (Fsp3) is 0.190. The summed E-state index contributed by atoms with van der Waals surface area (Å²) in [4.78, 5) is 16.8. The Morgan fingerprint density at radius 2 is 2.11 bits per heavy atom. The SMILES string of the molecule is N#Cc1c(N=Cc2ccc(-c3cccc(C(=O)[O-])c3)o2)sc2c1CCCC2. The van der Waals surface area contributed by atoms with Gasteiger partial charge >= 0.3 is 0 Å². The maximum Gasteiger partial charge on any atom is 0.145 e. The Kier molecular flexibility index (Phi) is 4.61. The third-order valence-electron chi connectivity index (χ3n) is 4.58. The summed E-state index contributed by atoms with van der Waals surface area (Å²) in [6.45, 7) is 0. The van der Waals surface area contributed by atoms with E-state index in [1.165, 1.54) is 17.0 Å². The molecule has 0 atom stereocenters. The fourth-order valence-electron chi connectivity index (χ4n) is 3.26. The summed E-state index contributed by atoms with van der Waals surface area (Å²) in [5.41, 5.74) is 2.59. The molecule has 1 aromatic carbocycles. The molecule has 4 rings (SSSR count). The van der Waals surface area contributed by atoms with Crippen LogP contribution in [0.2, 0.25) is 0 Å². The molecule has 3 aromatic rings. The highest BCUT2D eigenvalue weighted by Crippen LogP contribution is 2.39. The standard InChI is InChI=1S/C21H16N2O3S/c22-11-17-16-6-1-2-7-19(16)27-20(17)23-12-15-8-9-18(26-15)13-4-3-5-14(10-13)21(24)25/h3-5,8-10,12H,1-2,6-7H2,(H,24,25)/p-1. The van der Waals surface area contributed by atoms with E-state index in [2.05, 4.69) is 11.1 Å². The molecule has 0 N–H and O–H groups in total. The van der Waals surface area contributed by atoms with Crippen LogP contribution >= 0.6 is 11.3 Å². The van der Waals surface area contributed by atoms with Gasteiger partial charge in [0.15, 0.2) is 0 Å². The highest BCUT2D eigenvalue weighted by molar-refractivity contribution is 7.16. The number of nitrogens with zero attached hydrogens (tertiary/aromatic N) is 2. The summed E-state index contributed by atoms with van der Waals surface area (Å²) in [5, 5.41) is 21.2. The van der Waals surface area contributed by atoms with Crippen molar-refractivity contribution in [3.8, 4) is 17.4 Å². The van der Waals surface area contributed by atoms with Crippen molar-refractivity contribution in [2.24, 2.45) is 4.99 Å². The number of carbonyl (C=O) groups is 1. The number of aryl methyl sites for hydroxylation is 1. The number of furan rings is 1. The van der Waals surface area contributed by atoms with Crippen LogP contribution in [0.4, 0.5) is 5.00 Å². The zero-order chi connectivity index (χ0) is 18.8. The van der Waals surface area contributed by atoms with Gasteiger partial charge in [-0.3, -0.25) is 0 Å². The number of carboxylic acid groups (broad SMARTS) is 1. The predicted molar refractivity (Wildman–Crippen MR) is 101 cm³/mol. The van der Waals surface area contributed by atoms with Crippen molar-refractivity contribution in [2.45, 2.75) is 25.7 Å². The van der Waals surface area contributed by atoms with Gasteiger partial charge < -0.3 is 14.3 Å². The topological polar surface area (TPSA) is 89.4 Å². The average molecular weight is 375 g/mol. The number of rotatable bonds is 4. The van der Waals surface area contributed by atoms with Crippen molar-refractivity contribution in [1.29, 1.82) is 5.26 Å². The second-order valence-corrected chi connectivity index (χ2v) is 7.41. The van der Waals surface area contributed by atoms with Crippen LogP contribution in [0, 0.1) is 11.3 Å². The van der Waals surface area contributed by atoms with E-state index in [9.17, 15) is 15.2 Å². The number of hydrogen-bond donors (Lipinski definition) is 0. The predicted octanol–water partition coefficient (Wildman–Crippen LogP) is 3.87. The lowest BCUT2D eigenvalue weighted by molar-refractivity contribution is -0.255. The summed E-state index contributed by atoms with van der Waals surface area (Å²) < 4.78 is 5.76. The van der Waals surface area contributed by atoms with Crippen LogP contribution in [0.5, 0.6) is 0 Å². The number of nitriles is 1. The number of aromatic carboxylic acids is 1. The van der Waals surface area contributed by atoms with Gasteiger partial charge in [-0.15, -0.1) is 11.3 Å². The number of thiophene rings is 1. The molecular weight excluding hydrogens is 360 g/mol. The summed E-state index contributed by atoms with van der Waals surface area (Å²) in [6.07, 6.45) is 5.85. The monoisotopic (exact) mass is 375 g/mol. The Morgan fingerprint density at radius 1 is 1.26 bits per heavy atom. The number of benzene rings is 1. The Morgan fingerprint density at radius 3 is 2.93 bits per heavy atom. The van der Waals surface area contributed by atoms with E-state index in [0.717, 1.165) is 36.2 Å². The molecule has 134 valence electrons. The molecule has 0 fully saturated rings. The largest absolute Gasteiger partial charge is 0.545 e. The van der Waals surface area contributed by atoms with Gasteiger partial charge in [-0.25, -0.2) is 4.99 Å². The number of aliphatic imine (C=N–C) groups is 1. The Balaban J connectivity index is 1.60. The van der Waals surface area contributed by atoms with Crippen LogP contribution in [0.15, 0.2) is 45.8 Å². The molecule has 1 aliphatic rings.